The Hall–Kier alpha value is -5.27. The van der Waals surface area contributed by atoms with Gasteiger partial charge >= 0.3 is 0 Å². The smallest absolute Gasteiger partial charge is 0.271 e. The molecule has 2 aliphatic rings. The van der Waals surface area contributed by atoms with Gasteiger partial charge in [0, 0.05) is 33.9 Å². The summed E-state index contributed by atoms with van der Waals surface area (Å²) in [7, 11) is 0. The summed E-state index contributed by atoms with van der Waals surface area (Å²) in [5.41, 5.74) is 8.26. The van der Waals surface area contributed by atoms with Gasteiger partial charge in [-0.3, -0.25) is 14.2 Å². The van der Waals surface area contributed by atoms with Gasteiger partial charge in [-0.2, -0.15) is 0 Å². The van der Waals surface area contributed by atoms with Gasteiger partial charge in [-0.1, -0.05) is 102 Å². The molecule has 0 fully saturated rings. The number of benzene rings is 4. The lowest BCUT2D eigenvalue weighted by Crippen LogP contribution is -2.38. The Bertz CT molecular complexity index is 2280. The van der Waals surface area contributed by atoms with E-state index in [4.69, 9.17) is 4.99 Å². The molecule has 1 unspecified atom stereocenters. The quantitative estimate of drug-likeness (QED) is 0.270. The van der Waals surface area contributed by atoms with Crippen molar-refractivity contribution in [1.82, 2.24) is 9.13 Å². The minimum Gasteiger partial charge on any atom is -0.337 e. The number of para-hydroxylation sites is 2. The Morgan fingerprint density at radius 3 is 2.45 bits per heavy atom. The third-order valence-corrected chi connectivity index (χ3v) is 9.45. The van der Waals surface area contributed by atoms with E-state index in [0.29, 0.717) is 9.33 Å². The maximum absolute atomic E-state index is 14.2. The van der Waals surface area contributed by atoms with Gasteiger partial charge in [0.1, 0.15) is 6.54 Å². The minimum atomic E-state index is -0.207. The first kappa shape index (κ1) is 26.4. The maximum Gasteiger partial charge on any atom is 0.271 e. The van der Waals surface area contributed by atoms with Crippen molar-refractivity contribution in [1.29, 1.82) is 0 Å². The molecule has 7 heteroatoms. The topological polar surface area (TPSA) is 68.4 Å². The summed E-state index contributed by atoms with van der Waals surface area (Å²) in [6.07, 6.45) is 5.70. The second-order valence-corrected chi connectivity index (χ2v) is 12.2. The summed E-state index contributed by atoms with van der Waals surface area (Å²) < 4.78 is 4.44. The number of aromatic nitrogens is 2. The zero-order valence-corrected chi connectivity index (χ0v) is 24.6. The van der Waals surface area contributed by atoms with Crippen LogP contribution in [0.5, 0.6) is 0 Å². The molecule has 214 valence electrons. The first-order valence-corrected chi connectivity index (χ1v) is 15.6. The average molecular weight is 593 g/mol. The molecule has 1 atom stereocenters. The monoisotopic (exact) mass is 592 g/mol. The molecule has 6 aromatic rings. The summed E-state index contributed by atoms with van der Waals surface area (Å²) in [6, 6.07) is 36.0. The van der Waals surface area contributed by atoms with E-state index in [1.165, 1.54) is 22.5 Å². The van der Waals surface area contributed by atoms with Crippen molar-refractivity contribution in [2.45, 2.75) is 25.4 Å². The van der Waals surface area contributed by atoms with Crippen LogP contribution in [0, 0.1) is 0 Å². The van der Waals surface area contributed by atoms with Crippen molar-refractivity contribution < 1.29 is 4.79 Å². The van der Waals surface area contributed by atoms with Crippen LogP contribution in [0.3, 0.4) is 0 Å². The fraction of sp³-hybridized carbons (Fsp3) is 0.108. The lowest BCUT2D eigenvalue weighted by molar-refractivity contribution is -0.116. The molecular weight excluding hydrogens is 565 g/mol. The van der Waals surface area contributed by atoms with Crippen LogP contribution in [0.2, 0.25) is 0 Å². The number of thiazole rings is 1. The Kier molecular flexibility index (Phi) is 6.46. The molecule has 3 heterocycles. The number of carbonyl (C=O) groups is 1. The highest BCUT2D eigenvalue weighted by molar-refractivity contribution is 7.07. The second-order valence-electron chi connectivity index (χ2n) is 11.2. The molecule has 0 saturated heterocycles. The third-order valence-electron chi connectivity index (χ3n) is 8.47. The number of aryl methyl sites for hydroxylation is 1. The summed E-state index contributed by atoms with van der Waals surface area (Å²) in [5.74, 6) is -0.114. The minimum absolute atomic E-state index is 0.0494. The summed E-state index contributed by atoms with van der Waals surface area (Å²) in [5, 5.41) is 3.95. The fourth-order valence-electron chi connectivity index (χ4n) is 6.50. The molecule has 2 aromatic heterocycles. The maximum atomic E-state index is 14.2. The van der Waals surface area contributed by atoms with E-state index in [2.05, 4.69) is 41.7 Å². The van der Waals surface area contributed by atoms with Gasteiger partial charge in [0.25, 0.3) is 5.56 Å². The first-order chi connectivity index (χ1) is 21.6. The lowest BCUT2D eigenvalue weighted by atomic mass is 9.83. The SMILES string of the molecule is O=C(Cn1cc(C=c2sc3n(c2=O)C(c2ccccc2)C2=C(N=3)c3ccccc3CC2)c2ccccc21)Nc1ccccc1. The Morgan fingerprint density at radius 2 is 1.61 bits per heavy atom. The van der Waals surface area contributed by atoms with Gasteiger partial charge in [-0.15, -0.1) is 0 Å². The van der Waals surface area contributed by atoms with Crippen molar-refractivity contribution in [3.05, 3.63) is 163 Å². The molecular formula is C37H28N4O2S. The summed E-state index contributed by atoms with van der Waals surface area (Å²) >= 11 is 1.42. The van der Waals surface area contributed by atoms with Crippen LogP contribution in [-0.4, -0.2) is 15.0 Å². The molecule has 1 N–H and O–H groups in total. The average Bonchev–Trinajstić information content (AvgIpc) is 3.56. The van der Waals surface area contributed by atoms with E-state index in [-0.39, 0.29) is 24.1 Å². The number of hydrogen-bond acceptors (Lipinski definition) is 4. The van der Waals surface area contributed by atoms with Crippen molar-refractivity contribution in [3.8, 4) is 0 Å². The number of anilines is 1. The first-order valence-electron chi connectivity index (χ1n) is 14.7. The molecule has 0 saturated carbocycles. The van der Waals surface area contributed by atoms with E-state index in [0.717, 1.165) is 51.8 Å². The van der Waals surface area contributed by atoms with Crippen LogP contribution in [0.4, 0.5) is 5.69 Å². The lowest BCUT2D eigenvalue weighted by Gasteiger charge is -2.30. The Morgan fingerprint density at radius 1 is 0.886 bits per heavy atom. The van der Waals surface area contributed by atoms with Gasteiger partial charge < -0.3 is 9.88 Å². The van der Waals surface area contributed by atoms with Crippen molar-refractivity contribution in [2.24, 2.45) is 4.99 Å². The van der Waals surface area contributed by atoms with Crippen LogP contribution < -0.4 is 20.2 Å². The molecule has 1 aliphatic heterocycles. The number of nitrogens with zero attached hydrogens (tertiary/aromatic N) is 3. The number of rotatable bonds is 5. The van der Waals surface area contributed by atoms with E-state index in [1.807, 2.05) is 94.2 Å². The molecule has 0 radical (unpaired) electrons. The highest BCUT2D eigenvalue weighted by atomic mass is 32.1. The molecule has 0 bridgehead atoms. The van der Waals surface area contributed by atoms with Crippen LogP contribution >= 0.6 is 11.3 Å². The van der Waals surface area contributed by atoms with E-state index in [1.54, 1.807) is 0 Å². The summed E-state index contributed by atoms with van der Waals surface area (Å²) in [4.78, 5) is 33.0. The molecule has 8 rings (SSSR count). The van der Waals surface area contributed by atoms with E-state index in [9.17, 15) is 9.59 Å². The van der Waals surface area contributed by atoms with Crippen molar-refractivity contribution >= 4 is 45.6 Å². The number of hydrogen-bond donors (Lipinski definition) is 1. The van der Waals surface area contributed by atoms with Gasteiger partial charge in [-0.05, 0) is 53.8 Å². The number of carbonyl (C=O) groups excluding carboxylic acids is 1. The second kappa shape index (κ2) is 10.8. The van der Waals surface area contributed by atoms with Crippen molar-refractivity contribution in [2.75, 3.05) is 5.32 Å². The van der Waals surface area contributed by atoms with Crippen LogP contribution in [-0.2, 0) is 17.8 Å². The van der Waals surface area contributed by atoms with Crippen LogP contribution in [0.1, 0.15) is 34.7 Å². The standard InChI is InChI=1S/C37H28N4O2S/c42-33(38-27-14-5-2-6-15-27)23-40-22-26(28-16-9-10-18-31(28)40)21-32-36(43)41-35(25-12-3-1-4-13-25)30-20-19-24-11-7-8-17-29(24)34(30)39-37(41)44-32/h1-18,21-22,35H,19-20,23H2,(H,38,42). The number of nitrogens with one attached hydrogen (secondary N) is 1. The normalized spacial score (nSPS) is 15.8. The van der Waals surface area contributed by atoms with E-state index >= 15 is 0 Å². The summed E-state index contributed by atoms with van der Waals surface area (Å²) in [6.45, 7) is 0.157. The Labute approximate surface area is 257 Å². The van der Waals surface area contributed by atoms with Gasteiger partial charge in [0.05, 0.1) is 16.3 Å². The molecule has 4 aromatic carbocycles. The Balaban J connectivity index is 1.25. The predicted molar refractivity (Wildman–Crippen MR) is 176 cm³/mol. The van der Waals surface area contributed by atoms with Crippen LogP contribution in [0.15, 0.2) is 131 Å². The van der Waals surface area contributed by atoms with Gasteiger partial charge in [-0.25, -0.2) is 4.99 Å². The molecule has 6 nitrogen and oxygen atoms in total. The zero-order valence-electron chi connectivity index (χ0n) is 23.8. The highest BCUT2D eigenvalue weighted by Gasteiger charge is 2.32. The molecule has 44 heavy (non-hydrogen) atoms. The molecule has 1 aliphatic carbocycles. The zero-order chi connectivity index (χ0) is 29.6. The molecule has 1 amide bonds. The molecule has 0 spiro atoms. The van der Waals surface area contributed by atoms with Crippen LogP contribution in [0.25, 0.3) is 22.7 Å². The van der Waals surface area contributed by atoms with E-state index < -0.39 is 0 Å². The van der Waals surface area contributed by atoms with Gasteiger partial charge in [0.15, 0.2) is 4.80 Å². The van der Waals surface area contributed by atoms with Crippen molar-refractivity contribution in [3.63, 3.8) is 0 Å². The fourth-order valence-corrected chi connectivity index (χ4v) is 7.49. The number of fused-ring (bicyclic) bond motifs is 4. The number of allylic oxidation sites excluding steroid dienone is 1. The highest BCUT2D eigenvalue weighted by Crippen LogP contribution is 2.41. The predicted octanol–water partition coefficient (Wildman–Crippen LogP) is 5.91. The van der Waals surface area contributed by atoms with Gasteiger partial charge in [0.2, 0.25) is 5.91 Å². The largest absolute Gasteiger partial charge is 0.337 e. The number of amides is 1. The third kappa shape index (κ3) is 4.53.